The Morgan fingerprint density at radius 3 is 1.77 bits per heavy atom. The first-order valence-electron chi connectivity index (χ1n) is 6.76. The van der Waals surface area contributed by atoms with Crippen molar-refractivity contribution in [2.24, 2.45) is 4.99 Å². The molecule has 0 aromatic heterocycles. The minimum atomic E-state index is -0.549. The number of nitrogens with zero attached hydrogens (tertiary/aromatic N) is 2. The van der Waals surface area contributed by atoms with E-state index < -0.39 is 17.7 Å². The van der Waals surface area contributed by atoms with Crippen LogP contribution in [0.15, 0.2) is 47.1 Å². The van der Waals surface area contributed by atoms with Gasteiger partial charge >= 0.3 is 0 Å². The number of hydrogen-bond donors (Lipinski definition) is 0. The van der Waals surface area contributed by atoms with Crippen LogP contribution in [-0.4, -0.2) is 22.9 Å². The van der Waals surface area contributed by atoms with Gasteiger partial charge in [-0.15, -0.1) is 0 Å². The highest BCUT2D eigenvalue weighted by atomic mass is 79.9. The number of anilines is 1. The summed E-state index contributed by atoms with van der Waals surface area (Å²) in [7, 11) is 0. The fourth-order valence-corrected chi connectivity index (χ4v) is 4.98. The Kier molecular flexibility index (Phi) is 5.72. The maximum absolute atomic E-state index is 12.9. The third kappa shape index (κ3) is 3.08. The van der Waals surface area contributed by atoms with E-state index in [0.717, 1.165) is 4.90 Å². The normalized spacial score (nSPS) is 12.8. The van der Waals surface area contributed by atoms with Crippen molar-refractivity contribution in [3.8, 4) is 0 Å². The number of carbonyl (C=O) groups excluding carboxylic acids is 3. The predicted octanol–water partition coefficient (Wildman–Crippen LogP) is 5.78. The summed E-state index contributed by atoms with van der Waals surface area (Å²) in [5.74, 6) is -1.49. The number of aliphatic imine (C=N–C) groups is 1. The molecule has 1 aliphatic heterocycles. The molecule has 130 valence electrons. The van der Waals surface area contributed by atoms with Crippen molar-refractivity contribution >= 4 is 105 Å². The van der Waals surface area contributed by atoms with Crippen LogP contribution in [0, 0.1) is 0 Å². The highest BCUT2D eigenvalue weighted by Crippen LogP contribution is 2.46. The van der Waals surface area contributed by atoms with E-state index in [-0.39, 0.29) is 16.7 Å². The maximum Gasteiger partial charge on any atom is 0.285 e. The molecule has 1 aliphatic rings. The number of fused-ring (bicyclic) bond motifs is 1. The summed E-state index contributed by atoms with van der Waals surface area (Å²) >= 11 is 17.9. The van der Waals surface area contributed by atoms with E-state index >= 15 is 0 Å². The standard InChI is InChI=1S/C16H4Br4N2O3S/c17-10-8-9(11(18)13(20)12(10)19)16(25)22(15(8)24)7-3-1-6(2-4-7)14(23)21-5-26/h1-4H. The molecule has 2 aromatic rings. The Hall–Kier alpha value is -1.03. The number of rotatable bonds is 2. The van der Waals surface area contributed by atoms with Crippen LogP contribution in [-0.2, 0) is 0 Å². The lowest BCUT2D eigenvalue weighted by Gasteiger charge is -2.14. The van der Waals surface area contributed by atoms with Gasteiger partial charge in [0, 0.05) is 23.5 Å². The highest BCUT2D eigenvalue weighted by Gasteiger charge is 2.41. The molecule has 26 heavy (non-hydrogen) atoms. The van der Waals surface area contributed by atoms with Crippen molar-refractivity contribution in [3.63, 3.8) is 0 Å². The van der Waals surface area contributed by atoms with Gasteiger partial charge in [0.1, 0.15) is 0 Å². The fraction of sp³-hybridized carbons (Fsp3) is 0. The summed E-state index contributed by atoms with van der Waals surface area (Å²) < 4.78 is 2.19. The minimum Gasteiger partial charge on any atom is -0.268 e. The van der Waals surface area contributed by atoms with E-state index in [4.69, 9.17) is 0 Å². The van der Waals surface area contributed by atoms with Crippen LogP contribution in [0.3, 0.4) is 0 Å². The van der Waals surface area contributed by atoms with Crippen LogP contribution in [0.25, 0.3) is 0 Å². The quantitative estimate of drug-likeness (QED) is 0.140. The average molecular weight is 624 g/mol. The van der Waals surface area contributed by atoms with Gasteiger partial charge in [-0.1, -0.05) is 0 Å². The number of isothiocyanates is 1. The zero-order valence-electron chi connectivity index (χ0n) is 12.3. The van der Waals surface area contributed by atoms with Gasteiger partial charge in [0.2, 0.25) is 0 Å². The van der Waals surface area contributed by atoms with E-state index in [1.165, 1.54) is 24.3 Å². The Balaban J connectivity index is 2.09. The van der Waals surface area contributed by atoms with Gasteiger partial charge in [-0.25, -0.2) is 4.90 Å². The third-order valence-corrected chi connectivity index (χ3v) is 8.48. The number of benzene rings is 2. The molecular formula is C16H4Br4N2O3S. The zero-order chi connectivity index (χ0) is 19.2. The second kappa shape index (κ2) is 7.53. The van der Waals surface area contributed by atoms with Crippen molar-refractivity contribution in [1.82, 2.24) is 0 Å². The molecule has 1 heterocycles. The summed E-state index contributed by atoms with van der Waals surface area (Å²) in [6, 6.07) is 5.93. The van der Waals surface area contributed by atoms with E-state index in [9.17, 15) is 14.4 Å². The lowest BCUT2D eigenvalue weighted by atomic mass is 10.1. The van der Waals surface area contributed by atoms with Crippen molar-refractivity contribution < 1.29 is 14.4 Å². The van der Waals surface area contributed by atoms with Crippen LogP contribution < -0.4 is 4.90 Å². The molecule has 2 aromatic carbocycles. The van der Waals surface area contributed by atoms with Gasteiger partial charge in [0.15, 0.2) is 0 Å². The molecular weight excluding hydrogens is 620 g/mol. The molecule has 0 bridgehead atoms. The number of hydrogen-bond acceptors (Lipinski definition) is 4. The second-order valence-electron chi connectivity index (χ2n) is 5.01. The largest absolute Gasteiger partial charge is 0.285 e. The molecule has 3 rings (SSSR count). The third-order valence-electron chi connectivity index (χ3n) is 3.62. The Morgan fingerprint density at radius 1 is 0.885 bits per heavy atom. The highest BCUT2D eigenvalue weighted by molar-refractivity contribution is 9.15. The Bertz CT molecular complexity index is 1000. The van der Waals surface area contributed by atoms with Gasteiger partial charge in [-0.3, -0.25) is 14.4 Å². The summed E-state index contributed by atoms with van der Waals surface area (Å²) in [6.07, 6.45) is 0. The molecule has 3 amide bonds. The van der Waals surface area contributed by atoms with Crippen LogP contribution in [0.5, 0.6) is 0 Å². The first kappa shape index (κ1) is 19.7. The van der Waals surface area contributed by atoms with Crippen molar-refractivity contribution in [3.05, 3.63) is 58.8 Å². The fourth-order valence-electron chi connectivity index (χ4n) is 2.44. The summed E-state index contributed by atoms with van der Waals surface area (Å²) in [5, 5.41) is 2.01. The van der Waals surface area contributed by atoms with Crippen LogP contribution in [0.2, 0.25) is 0 Å². The van der Waals surface area contributed by atoms with Crippen molar-refractivity contribution in [2.45, 2.75) is 0 Å². The molecule has 0 spiro atoms. The monoisotopic (exact) mass is 620 g/mol. The number of amides is 3. The molecule has 0 saturated carbocycles. The average Bonchev–Trinajstić information content (AvgIpc) is 2.89. The molecule has 0 saturated heterocycles. The van der Waals surface area contributed by atoms with E-state index in [1.807, 2.05) is 5.16 Å². The van der Waals surface area contributed by atoms with Gasteiger partial charge in [0.05, 0.1) is 22.0 Å². The number of halogens is 4. The topological polar surface area (TPSA) is 66.8 Å². The van der Waals surface area contributed by atoms with E-state index in [1.54, 1.807) is 0 Å². The predicted molar refractivity (Wildman–Crippen MR) is 114 cm³/mol. The summed E-state index contributed by atoms with van der Waals surface area (Å²) in [4.78, 5) is 41.9. The Morgan fingerprint density at radius 2 is 1.35 bits per heavy atom. The van der Waals surface area contributed by atoms with Crippen molar-refractivity contribution in [2.75, 3.05) is 4.90 Å². The van der Waals surface area contributed by atoms with Crippen molar-refractivity contribution in [1.29, 1.82) is 0 Å². The molecule has 0 N–H and O–H groups in total. The SMILES string of the molecule is O=C(N=C=S)c1ccc(N2C(=O)c3c(Br)c(Br)c(Br)c(Br)c3C2=O)cc1. The lowest BCUT2D eigenvalue weighted by molar-refractivity contribution is 0.0924. The van der Waals surface area contributed by atoms with Gasteiger partial charge in [0.25, 0.3) is 17.7 Å². The molecule has 0 radical (unpaired) electrons. The summed E-state index contributed by atoms with van der Waals surface area (Å²) in [6.45, 7) is 0. The first-order valence-corrected chi connectivity index (χ1v) is 10.3. The maximum atomic E-state index is 12.9. The number of imide groups is 1. The van der Waals surface area contributed by atoms with E-state index in [2.05, 4.69) is 80.9 Å². The van der Waals surface area contributed by atoms with Crippen LogP contribution >= 0.6 is 75.9 Å². The molecule has 0 fully saturated rings. The van der Waals surface area contributed by atoms with Crippen LogP contribution in [0.1, 0.15) is 31.1 Å². The first-order chi connectivity index (χ1) is 12.3. The molecule has 0 aliphatic carbocycles. The van der Waals surface area contributed by atoms with Gasteiger partial charge in [-0.05, 0) is 100 Å². The molecule has 0 atom stereocenters. The number of carbonyl (C=O) groups is 3. The van der Waals surface area contributed by atoms with Crippen LogP contribution in [0.4, 0.5) is 5.69 Å². The van der Waals surface area contributed by atoms with E-state index in [0.29, 0.717) is 23.6 Å². The lowest BCUT2D eigenvalue weighted by Crippen LogP contribution is -2.29. The van der Waals surface area contributed by atoms with Gasteiger partial charge in [-0.2, -0.15) is 4.99 Å². The summed E-state index contributed by atoms with van der Waals surface area (Å²) in [5.41, 5.74) is 1.12. The number of thiocarbonyl (C=S) groups is 1. The Labute approximate surface area is 186 Å². The smallest absolute Gasteiger partial charge is 0.268 e. The molecule has 10 heteroatoms. The zero-order valence-corrected chi connectivity index (χ0v) is 19.5. The van der Waals surface area contributed by atoms with Gasteiger partial charge < -0.3 is 0 Å². The second-order valence-corrected chi connectivity index (χ2v) is 8.36. The molecule has 5 nitrogen and oxygen atoms in total. The minimum absolute atomic E-state index is 0.252. The molecule has 0 unspecified atom stereocenters.